The highest BCUT2D eigenvalue weighted by atomic mass is 16.6. The summed E-state index contributed by atoms with van der Waals surface area (Å²) in [5.41, 5.74) is 1.94. The average molecular weight is 623 g/mol. The number of aliphatic hydroxyl groups is 4. The largest absolute Gasteiger partial charge is 0.490 e. The van der Waals surface area contributed by atoms with Crippen LogP contribution in [0.4, 0.5) is 0 Å². The third kappa shape index (κ3) is 9.27. The van der Waals surface area contributed by atoms with Crippen molar-refractivity contribution in [2.24, 2.45) is 35.5 Å². The highest BCUT2D eigenvalue weighted by molar-refractivity contribution is 5.86. The van der Waals surface area contributed by atoms with Crippen LogP contribution in [0.3, 0.4) is 0 Å². The minimum absolute atomic E-state index is 0.00557. The molecular formula is C35H58O9. The Balaban J connectivity index is 2.52. The molecule has 2 heterocycles. The van der Waals surface area contributed by atoms with Gasteiger partial charge in [-0.15, -0.1) is 0 Å². The summed E-state index contributed by atoms with van der Waals surface area (Å²) < 4.78 is 23.3. The van der Waals surface area contributed by atoms with Crippen molar-refractivity contribution >= 4 is 5.97 Å². The molecule has 1 saturated heterocycles. The van der Waals surface area contributed by atoms with Crippen molar-refractivity contribution in [3.8, 4) is 0 Å². The molecule has 9 nitrogen and oxygen atoms in total. The first-order chi connectivity index (χ1) is 20.5. The monoisotopic (exact) mass is 622 g/mol. The van der Waals surface area contributed by atoms with Crippen LogP contribution in [0.5, 0.6) is 0 Å². The van der Waals surface area contributed by atoms with Gasteiger partial charge in [0.1, 0.15) is 12.2 Å². The number of carbonyl (C=O) groups excluding carboxylic acids is 1. The fraction of sp³-hybridized carbons (Fsp3) is 0.743. The predicted molar refractivity (Wildman–Crippen MR) is 170 cm³/mol. The van der Waals surface area contributed by atoms with E-state index in [-0.39, 0.29) is 35.9 Å². The molecule has 0 aromatic carbocycles. The molecule has 1 fully saturated rings. The van der Waals surface area contributed by atoms with Crippen LogP contribution in [0.2, 0.25) is 0 Å². The standard InChI is InChI=1S/C35H58O9/c1-19(2)32-24(7)27(36)18-35(40,44-32)26(9)31(38)25(8)33-28(41-10)14-12-13-20(3)17-22(5)30(37)23(6)21(4)15-16-29(42-11)34(39)43-33/h12-16,19,22-28,30-33,36-38,40H,17-18H2,1-11H3. The van der Waals surface area contributed by atoms with Crippen molar-refractivity contribution in [2.45, 2.75) is 118 Å². The summed E-state index contributed by atoms with van der Waals surface area (Å²) in [4.78, 5) is 13.5. The summed E-state index contributed by atoms with van der Waals surface area (Å²) in [7, 11) is 2.87. The molecule has 0 bridgehead atoms. The molecule has 0 aromatic heterocycles. The highest BCUT2D eigenvalue weighted by Gasteiger charge is 2.51. The van der Waals surface area contributed by atoms with Gasteiger partial charge < -0.3 is 39.4 Å². The van der Waals surface area contributed by atoms with E-state index < -0.39 is 60.2 Å². The van der Waals surface area contributed by atoms with Gasteiger partial charge in [-0.1, -0.05) is 83.9 Å². The number of methoxy groups -OCH3 is 2. The molecule has 2 aliphatic heterocycles. The smallest absolute Gasteiger partial charge is 0.373 e. The molecule has 4 N–H and O–H groups in total. The minimum atomic E-state index is -1.80. The van der Waals surface area contributed by atoms with Gasteiger partial charge in [-0.3, -0.25) is 0 Å². The first-order valence-corrected chi connectivity index (χ1v) is 15.9. The number of rotatable bonds is 7. The lowest BCUT2D eigenvalue weighted by molar-refractivity contribution is -0.328. The molecule has 12 atom stereocenters. The number of hydrogen-bond acceptors (Lipinski definition) is 9. The minimum Gasteiger partial charge on any atom is -0.490 e. The molecule has 2 aliphatic rings. The third-order valence-electron chi connectivity index (χ3n) is 9.80. The summed E-state index contributed by atoms with van der Waals surface area (Å²) in [5, 5.41) is 45.1. The van der Waals surface area contributed by atoms with Crippen molar-refractivity contribution < 1.29 is 44.2 Å². The second-order valence-electron chi connectivity index (χ2n) is 13.5. The molecule has 44 heavy (non-hydrogen) atoms. The van der Waals surface area contributed by atoms with Crippen LogP contribution in [0.1, 0.15) is 75.2 Å². The molecule has 9 heteroatoms. The van der Waals surface area contributed by atoms with Crippen LogP contribution in [0, 0.1) is 35.5 Å². The Morgan fingerprint density at radius 3 is 2.20 bits per heavy atom. The Labute approximate surface area is 264 Å². The van der Waals surface area contributed by atoms with Crippen LogP contribution in [-0.4, -0.2) is 83.0 Å². The fourth-order valence-corrected chi connectivity index (χ4v) is 6.39. The number of carbonyl (C=O) groups is 1. The number of hydrogen-bond donors (Lipinski definition) is 4. The van der Waals surface area contributed by atoms with Gasteiger partial charge in [0, 0.05) is 37.2 Å². The number of ether oxygens (including phenoxy) is 4. The van der Waals surface area contributed by atoms with E-state index in [0.717, 1.165) is 11.1 Å². The fourth-order valence-electron chi connectivity index (χ4n) is 6.39. The molecule has 2 rings (SSSR count). The van der Waals surface area contributed by atoms with Crippen LogP contribution >= 0.6 is 0 Å². The topological polar surface area (TPSA) is 135 Å². The molecule has 0 aliphatic carbocycles. The maximum absolute atomic E-state index is 13.5. The van der Waals surface area contributed by atoms with Gasteiger partial charge in [0.05, 0.1) is 31.5 Å². The van der Waals surface area contributed by atoms with Crippen molar-refractivity contribution in [2.75, 3.05) is 14.2 Å². The summed E-state index contributed by atoms with van der Waals surface area (Å²) in [6.07, 6.45) is 4.66. The zero-order valence-electron chi connectivity index (χ0n) is 28.6. The van der Waals surface area contributed by atoms with Gasteiger partial charge in [-0.05, 0) is 38.2 Å². The van der Waals surface area contributed by atoms with Gasteiger partial charge in [0.2, 0.25) is 5.76 Å². The zero-order valence-corrected chi connectivity index (χ0v) is 28.6. The van der Waals surface area contributed by atoms with E-state index in [1.54, 1.807) is 26.0 Å². The highest BCUT2D eigenvalue weighted by Crippen LogP contribution is 2.41. The van der Waals surface area contributed by atoms with Gasteiger partial charge in [-0.25, -0.2) is 4.79 Å². The van der Waals surface area contributed by atoms with Gasteiger partial charge in [-0.2, -0.15) is 0 Å². The number of aliphatic hydroxyl groups excluding tert-OH is 3. The van der Waals surface area contributed by atoms with E-state index in [2.05, 4.69) is 0 Å². The average Bonchev–Trinajstić information content (AvgIpc) is 2.97. The zero-order chi connectivity index (χ0) is 33.5. The Morgan fingerprint density at radius 1 is 1.00 bits per heavy atom. The normalized spacial score (nSPS) is 36.9. The van der Waals surface area contributed by atoms with E-state index in [9.17, 15) is 25.2 Å². The van der Waals surface area contributed by atoms with Crippen LogP contribution in [-0.2, 0) is 23.7 Å². The van der Waals surface area contributed by atoms with Crippen molar-refractivity contribution in [1.29, 1.82) is 0 Å². The van der Waals surface area contributed by atoms with E-state index in [0.29, 0.717) is 6.42 Å². The van der Waals surface area contributed by atoms with E-state index in [1.165, 1.54) is 20.3 Å². The maximum atomic E-state index is 13.5. The second kappa shape index (κ2) is 16.5. The third-order valence-corrected chi connectivity index (χ3v) is 9.80. The summed E-state index contributed by atoms with van der Waals surface area (Å²) in [6, 6.07) is 0. The molecular weight excluding hydrogens is 564 g/mol. The molecule has 12 unspecified atom stereocenters. The SMILES string of the molecule is COC1=CC=C(C)C(C)C(O)C(C)CC(C)=CC=CC(OC)C(C(C)C(O)C(C)C2(O)CC(O)C(C)C(C(C)C)O2)OC1=O. The number of esters is 1. The van der Waals surface area contributed by atoms with E-state index in [1.807, 2.05) is 60.6 Å². The Morgan fingerprint density at radius 2 is 1.64 bits per heavy atom. The molecule has 252 valence electrons. The number of cyclic esters (lactones) is 1. The van der Waals surface area contributed by atoms with Crippen molar-refractivity contribution in [3.05, 3.63) is 47.3 Å². The predicted octanol–water partition coefficient (Wildman–Crippen LogP) is 4.69. The second-order valence-corrected chi connectivity index (χ2v) is 13.5. The van der Waals surface area contributed by atoms with Crippen LogP contribution < -0.4 is 0 Å². The van der Waals surface area contributed by atoms with E-state index >= 15 is 0 Å². The first-order valence-electron chi connectivity index (χ1n) is 15.9. The molecule has 0 saturated carbocycles. The van der Waals surface area contributed by atoms with Crippen LogP contribution in [0.25, 0.3) is 0 Å². The lowest BCUT2D eigenvalue weighted by atomic mass is 9.76. The maximum Gasteiger partial charge on any atom is 0.373 e. The van der Waals surface area contributed by atoms with E-state index in [4.69, 9.17) is 18.9 Å². The lowest BCUT2D eigenvalue weighted by Crippen LogP contribution is -2.59. The molecule has 0 radical (unpaired) electrons. The van der Waals surface area contributed by atoms with Crippen molar-refractivity contribution in [3.63, 3.8) is 0 Å². The Hall–Kier alpha value is -2.01. The first kappa shape index (κ1) is 38.2. The summed E-state index contributed by atoms with van der Waals surface area (Å²) in [5.74, 6) is -4.49. The van der Waals surface area contributed by atoms with Crippen molar-refractivity contribution in [1.82, 2.24) is 0 Å². The quantitative estimate of drug-likeness (QED) is 0.298. The van der Waals surface area contributed by atoms with Gasteiger partial charge in [0.15, 0.2) is 5.79 Å². The van der Waals surface area contributed by atoms with Gasteiger partial charge in [0.25, 0.3) is 0 Å². The molecule has 0 amide bonds. The Kier molecular flexibility index (Phi) is 14.3. The van der Waals surface area contributed by atoms with Crippen LogP contribution in [0.15, 0.2) is 47.3 Å². The summed E-state index contributed by atoms with van der Waals surface area (Å²) >= 11 is 0. The van der Waals surface area contributed by atoms with Gasteiger partial charge >= 0.3 is 5.97 Å². The Bertz CT molecular complexity index is 1060. The molecule has 0 spiro atoms. The number of allylic oxidation sites excluding steroid dienone is 5. The molecule has 0 aromatic rings. The lowest BCUT2D eigenvalue weighted by Gasteiger charge is -2.49. The summed E-state index contributed by atoms with van der Waals surface area (Å²) in [6.45, 7) is 17.1.